The van der Waals surface area contributed by atoms with Gasteiger partial charge in [0.15, 0.2) is 5.16 Å². The number of rotatable bonds is 6. The molecule has 5 nitrogen and oxygen atoms in total. The van der Waals surface area contributed by atoms with Crippen molar-refractivity contribution in [3.05, 3.63) is 87.0 Å². The van der Waals surface area contributed by atoms with Crippen molar-refractivity contribution in [1.82, 2.24) is 9.55 Å². The summed E-state index contributed by atoms with van der Waals surface area (Å²) in [6, 6.07) is 12.1. The molecule has 2 aromatic heterocycles. The van der Waals surface area contributed by atoms with Crippen molar-refractivity contribution < 1.29 is 13.6 Å². The third kappa shape index (κ3) is 4.67. The highest BCUT2D eigenvalue weighted by molar-refractivity contribution is 7.99. The minimum atomic E-state index is -0.416. The minimum absolute atomic E-state index is 0.00731. The number of halogens is 2. The predicted octanol–water partition coefficient (Wildman–Crippen LogP) is 4.82. The van der Waals surface area contributed by atoms with E-state index in [-0.39, 0.29) is 29.6 Å². The number of carbonyl (C=O) groups excluding carboxylic acids is 1. The third-order valence-electron chi connectivity index (χ3n) is 4.61. The molecule has 0 aliphatic rings. The Morgan fingerprint density at radius 3 is 2.77 bits per heavy atom. The number of nitrogens with one attached hydrogen (secondary N) is 1. The third-order valence-corrected chi connectivity index (χ3v) is 6.48. The van der Waals surface area contributed by atoms with Gasteiger partial charge in [0.05, 0.1) is 17.8 Å². The van der Waals surface area contributed by atoms with Crippen molar-refractivity contribution in [2.75, 3.05) is 11.1 Å². The summed E-state index contributed by atoms with van der Waals surface area (Å²) in [5.41, 5.74) is 1.73. The van der Waals surface area contributed by atoms with Gasteiger partial charge in [0, 0.05) is 11.3 Å². The second-order valence-electron chi connectivity index (χ2n) is 6.81. The maximum absolute atomic E-state index is 14.2. The topological polar surface area (TPSA) is 64.0 Å². The molecule has 4 rings (SSSR count). The van der Waals surface area contributed by atoms with E-state index in [1.54, 1.807) is 36.6 Å². The Bertz CT molecular complexity index is 1330. The fourth-order valence-electron chi connectivity index (χ4n) is 3.05. The number of aromatic nitrogens is 2. The smallest absolute Gasteiger partial charge is 0.272 e. The lowest BCUT2D eigenvalue weighted by molar-refractivity contribution is -0.113. The number of nitrogens with zero attached hydrogens (tertiary/aromatic N) is 2. The molecule has 0 spiro atoms. The lowest BCUT2D eigenvalue weighted by Gasteiger charge is -2.13. The molecular formula is C22H17F2N3O2S2. The van der Waals surface area contributed by atoms with E-state index in [0.717, 1.165) is 11.8 Å². The number of aryl methyl sites for hydroxylation is 1. The first-order valence-corrected chi connectivity index (χ1v) is 11.2. The lowest BCUT2D eigenvalue weighted by atomic mass is 10.2. The molecule has 9 heteroatoms. The Morgan fingerprint density at radius 2 is 2.00 bits per heavy atom. The zero-order chi connectivity index (χ0) is 22.0. The predicted molar refractivity (Wildman–Crippen MR) is 120 cm³/mol. The molecule has 0 saturated carbocycles. The summed E-state index contributed by atoms with van der Waals surface area (Å²) in [6.07, 6.45) is 0. The van der Waals surface area contributed by atoms with Gasteiger partial charge in [0.1, 0.15) is 16.3 Å². The average molecular weight is 458 g/mol. The standard InChI is InChI=1S/C22H17F2N3O2S2/c1-13-10-15(23)6-7-17(13)25-19(28)12-31-22-26-18-8-9-30-20(18)21(29)27(22)11-14-4-2-3-5-16(14)24/h2-10H,11-12H2,1H3,(H,25,28). The molecule has 0 radical (unpaired) electrons. The Labute approximate surface area is 184 Å². The van der Waals surface area contributed by atoms with Crippen molar-refractivity contribution in [2.45, 2.75) is 18.6 Å². The molecule has 1 amide bonds. The Kier molecular flexibility index (Phi) is 6.15. The molecule has 2 aromatic carbocycles. The minimum Gasteiger partial charge on any atom is -0.325 e. The number of anilines is 1. The van der Waals surface area contributed by atoms with Crippen LogP contribution in [0.5, 0.6) is 0 Å². The van der Waals surface area contributed by atoms with E-state index in [2.05, 4.69) is 10.3 Å². The summed E-state index contributed by atoms with van der Waals surface area (Å²) in [4.78, 5) is 30.0. The van der Waals surface area contributed by atoms with Gasteiger partial charge in [-0.05, 0) is 48.2 Å². The van der Waals surface area contributed by atoms with Crippen LogP contribution in [0.25, 0.3) is 10.2 Å². The maximum atomic E-state index is 14.2. The van der Waals surface area contributed by atoms with E-state index in [0.29, 0.717) is 32.2 Å². The second-order valence-corrected chi connectivity index (χ2v) is 8.67. The van der Waals surface area contributed by atoms with Gasteiger partial charge < -0.3 is 5.32 Å². The van der Waals surface area contributed by atoms with Gasteiger partial charge in [-0.3, -0.25) is 14.2 Å². The summed E-state index contributed by atoms with van der Waals surface area (Å²) >= 11 is 2.36. The van der Waals surface area contributed by atoms with Crippen LogP contribution in [0, 0.1) is 18.6 Å². The van der Waals surface area contributed by atoms with E-state index < -0.39 is 5.82 Å². The Balaban J connectivity index is 1.59. The van der Waals surface area contributed by atoms with Gasteiger partial charge in [-0.25, -0.2) is 13.8 Å². The van der Waals surface area contributed by atoms with E-state index in [9.17, 15) is 18.4 Å². The first-order valence-electron chi connectivity index (χ1n) is 9.32. The number of amides is 1. The van der Waals surface area contributed by atoms with Gasteiger partial charge in [-0.2, -0.15) is 0 Å². The number of hydrogen-bond acceptors (Lipinski definition) is 5. The van der Waals surface area contributed by atoms with Gasteiger partial charge in [0.25, 0.3) is 5.56 Å². The highest BCUT2D eigenvalue weighted by Crippen LogP contribution is 2.23. The van der Waals surface area contributed by atoms with E-state index in [1.807, 2.05) is 0 Å². The molecule has 2 heterocycles. The van der Waals surface area contributed by atoms with Crippen molar-refractivity contribution in [2.24, 2.45) is 0 Å². The van der Waals surface area contributed by atoms with Crippen LogP contribution in [0.2, 0.25) is 0 Å². The van der Waals surface area contributed by atoms with Crippen molar-refractivity contribution in [1.29, 1.82) is 0 Å². The first-order chi connectivity index (χ1) is 14.9. The largest absolute Gasteiger partial charge is 0.325 e. The van der Waals surface area contributed by atoms with Crippen molar-refractivity contribution in [3.8, 4) is 0 Å². The highest BCUT2D eigenvalue weighted by Gasteiger charge is 2.16. The van der Waals surface area contributed by atoms with Crippen LogP contribution in [0.4, 0.5) is 14.5 Å². The number of thiophene rings is 1. The molecular weight excluding hydrogens is 440 g/mol. The Hall–Kier alpha value is -3.04. The van der Waals surface area contributed by atoms with Gasteiger partial charge in [0.2, 0.25) is 5.91 Å². The van der Waals surface area contributed by atoms with Crippen LogP contribution in [0.3, 0.4) is 0 Å². The average Bonchev–Trinajstić information content (AvgIpc) is 3.21. The summed E-state index contributed by atoms with van der Waals surface area (Å²) < 4.78 is 29.3. The van der Waals surface area contributed by atoms with Crippen LogP contribution in [-0.4, -0.2) is 21.2 Å². The number of carbonyl (C=O) groups is 1. The monoisotopic (exact) mass is 457 g/mol. The molecule has 4 aromatic rings. The van der Waals surface area contributed by atoms with Crippen LogP contribution >= 0.6 is 23.1 Å². The number of benzene rings is 2. The van der Waals surface area contributed by atoms with Crippen LogP contribution in [0.1, 0.15) is 11.1 Å². The molecule has 0 atom stereocenters. The summed E-state index contributed by atoms with van der Waals surface area (Å²) in [5.74, 6) is -1.14. The molecule has 1 N–H and O–H groups in total. The van der Waals surface area contributed by atoms with E-state index in [4.69, 9.17) is 0 Å². The van der Waals surface area contributed by atoms with Crippen molar-refractivity contribution in [3.63, 3.8) is 0 Å². The summed E-state index contributed by atoms with van der Waals surface area (Å²) in [5, 5.41) is 4.83. The molecule has 0 unspecified atom stereocenters. The fourth-order valence-corrected chi connectivity index (χ4v) is 4.63. The molecule has 0 fully saturated rings. The molecule has 0 aliphatic heterocycles. The number of hydrogen-bond donors (Lipinski definition) is 1. The normalized spacial score (nSPS) is 11.1. The fraction of sp³-hybridized carbons (Fsp3) is 0.136. The number of thioether (sulfide) groups is 1. The maximum Gasteiger partial charge on any atom is 0.272 e. The molecule has 0 saturated heterocycles. The van der Waals surface area contributed by atoms with Gasteiger partial charge >= 0.3 is 0 Å². The SMILES string of the molecule is Cc1cc(F)ccc1NC(=O)CSc1nc2ccsc2c(=O)n1Cc1ccccc1F. The highest BCUT2D eigenvalue weighted by atomic mass is 32.2. The van der Waals surface area contributed by atoms with E-state index >= 15 is 0 Å². The molecule has 0 bridgehead atoms. The second kappa shape index (κ2) is 8.99. The van der Waals surface area contributed by atoms with Crippen LogP contribution in [-0.2, 0) is 11.3 Å². The zero-order valence-corrected chi connectivity index (χ0v) is 18.0. The van der Waals surface area contributed by atoms with Gasteiger partial charge in [-0.1, -0.05) is 30.0 Å². The zero-order valence-electron chi connectivity index (χ0n) is 16.4. The molecule has 31 heavy (non-hydrogen) atoms. The first kappa shape index (κ1) is 21.2. The molecule has 158 valence electrons. The lowest BCUT2D eigenvalue weighted by Crippen LogP contribution is -2.24. The summed E-state index contributed by atoms with van der Waals surface area (Å²) in [7, 11) is 0. The van der Waals surface area contributed by atoms with Crippen molar-refractivity contribution >= 4 is 44.9 Å². The quantitative estimate of drug-likeness (QED) is 0.333. The van der Waals surface area contributed by atoms with Crippen LogP contribution in [0.15, 0.2) is 63.9 Å². The van der Waals surface area contributed by atoms with Crippen LogP contribution < -0.4 is 10.9 Å². The molecule has 0 aliphatic carbocycles. The summed E-state index contributed by atoms with van der Waals surface area (Å²) in [6.45, 7) is 1.71. The van der Waals surface area contributed by atoms with Gasteiger partial charge in [-0.15, -0.1) is 11.3 Å². The Morgan fingerprint density at radius 1 is 1.19 bits per heavy atom. The van der Waals surface area contributed by atoms with E-state index in [1.165, 1.54) is 40.2 Å². The number of fused-ring (bicyclic) bond motifs is 1.